The molecule has 0 aliphatic carbocycles. The molecule has 1 fully saturated rings. The predicted octanol–water partition coefficient (Wildman–Crippen LogP) is 5.31. The zero-order valence-electron chi connectivity index (χ0n) is 18.1. The van der Waals surface area contributed by atoms with Crippen molar-refractivity contribution in [2.45, 2.75) is 77.0 Å². The number of nitrogens with zero attached hydrogens (tertiary/aromatic N) is 2. The van der Waals surface area contributed by atoms with Gasteiger partial charge in [0.2, 0.25) is 0 Å². The highest BCUT2D eigenvalue weighted by Crippen LogP contribution is 2.30. The second kappa shape index (κ2) is 10.6. The molecule has 2 rings (SSSR count). The number of hydrogen-bond acceptors (Lipinski definition) is 6. The van der Waals surface area contributed by atoms with Gasteiger partial charge in [-0.2, -0.15) is 0 Å². The summed E-state index contributed by atoms with van der Waals surface area (Å²) in [5.74, 6) is -0.844. The number of allylic oxidation sites excluding steroid dienone is 1. The van der Waals surface area contributed by atoms with Crippen molar-refractivity contribution in [3.8, 4) is 0 Å². The highest BCUT2D eigenvalue weighted by atomic mass is 16.7. The van der Waals surface area contributed by atoms with Gasteiger partial charge in [0.15, 0.2) is 5.79 Å². The predicted molar refractivity (Wildman–Crippen MR) is 115 cm³/mol. The van der Waals surface area contributed by atoms with E-state index in [1.165, 1.54) is 18.9 Å². The smallest absolute Gasteiger partial charge is 0.276 e. The van der Waals surface area contributed by atoms with E-state index in [1.807, 2.05) is 6.08 Å². The van der Waals surface area contributed by atoms with E-state index >= 15 is 0 Å². The number of rotatable bonds is 11. The molecule has 8 nitrogen and oxygen atoms in total. The molecule has 166 valence electrons. The summed E-state index contributed by atoms with van der Waals surface area (Å²) in [4.78, 5) is 22.4. The monoisotopic (exact) mass is 420 g/mol. The third-order valence-corrected chi connectivity index (χ3v) is 5.46. The van der Waals surface area contributed by atoms with Gasteiger partial charge in [0.1, 0.15) is 13.2 Å². The first kappa shape index (κ1) is 24.0. The van der Waals surface area contributed by atoms with Gasteiger partial charge in [0.25, 0.3) is 11.2 Å². The lowest BCUT2D eigenvalue weighted by Gasteiger charge is -2.37. The summed E-state index contributed by atoms with van der Waals surface area (Å²) in [6, 6.07) is 5.02. The zero-order valence-corrected chi connectivity index (χ0v) is 18.1. The minimum atomic E-state index is -1.35. The quantitative estimate of drug-likeness (QED) is 0.273. The van der Waals surface area contributed by atoms with Crippen molar-refractivity contribution >= 4 is 11.8 Å². The molecule has 1 aliphatic rings. The lowest BCUT2D eigenvalue weighted by Crippen LogP contribution is -2.56. The molecule has 30 heavy (non-hydrogen) atoms. The summed E-state index contributed by atoms with van der Waals surface area (Å²) in [5.41, 5.74) is -0.0895. The fourth-order valence-corrected chi connectivity index (χ4v) is 3.36. The number of aryl methyl sites for hydroxylation is 1. The summed E-state index contributed by atoms with van der Waals surface area (Å²) in [7, 11) is 0. The van der Waals surface area contributed by atoms with E-state index in [-0.39, 0.29) is 30.2 Å². The number of hydrogen-bond donors (Lipinski definition) is 0. The van der Waals surface area contributed by atoms with Gasteiger partial charge in [0, 0.05) is 17.4 Å². The topological polar surface area (TPSA) is 105 Å². The van der Waals surface area contributed by atoms with Crippen molar-refractivity contribution in [3.05, 3.63) is 55.6 Å². The molecular formula is C22H32N2O6. The molecule has 1 heterocycles. The average molecular weight is 421 g/mol. The molecule has 1 saturated heterocycles. The van der Waals surface area contributed by atoms with Gasteiger partial charge >= 0.3 is 0 Å². The summed E-state index contributed by atoms with van der Waals surface area (Å²) in [5, 5.41) is 23.2. The number of benzene rings is 1. The molecule has 0 amide bonds. The normalized spacial score (nSPS) is 17.8. The molecule has 0 spiro atoms. The maximum Gasteiger partial charge on any atom is 0.276 e. The van der Waals surface area contributed by atoms with E-state index in [9.17, 15) is 20.2 Å². The van der Waals surface area contributed by atoms with Crippen LogP contribution in [0, 0.1) is 20.2 Å². The van der Waals surface area contributed by atoms with Gasteiger partial charge in [-0.3, -0.25) is 20.2 Å². The Labute approximate surface area is 177 Å². The van der Waals surface area contributed by atoms with Crippen LogP contribution in [0.3, 0.4) is 0 Å². The Balaban J connectivity index is 2.05. The van der Waals surface area contributed by atoms with Gasteiger partial charge in [-0.1, -0.05) is 44.4 Å². The Bertz CT molecular complexity index is 765. The van der Waals surface area contributed by atoms with Crippen LogP contribution in [0.4, 0.5) is 5.69 Å². The van der Waals surface area contributed by atoms with E-state index < -0.39 is 16.2 Å². The summed E-state index contributed by atoms with van der Waals surface area (Å²) in [6.07, 6.45) is 9.75. The van der Waals surface area contributed by atoms with Crippen LogP contribution in [-0.4, -0.2) is 34.4 Å². The molecule has 0 saturated carbocycles. The number of unbranched alkanes of at least 4 members (excludes halogenated alkanes) is 4. The molecule has 0 radical (unpaired) electrons. The van der Waals surface area contributed by atoms with Crippen molar-refractivity contribution < 1.29 is 19.3 Å². The maximum absolute atomic E-state index is 11.7. The molecular weight excluding hydrogens is 388 g/mol. The van der Waals surface area contributed by atoms with Crippen LogP contribution in [0.25, 0.3) is 6.08 Å². The SMILES string of the molecule is CCCCCC/C=C/c1ccc(CCC2([N+](=O)[O-])COC(C)(C)OC2)cc1[N+](=O)[O-]. The zero-order chi connectivity index (χ0) is 22.2. The first-order chi connectivity index (χ1) is 14.2. The third-order valence-electron chi connectivity index (χ3n) is 5.46. The molecule has 0 N–H and O–H groups in total. The largest absolute Gasteiger partial charge is 0.343 e. The second-order valence-corrected chi connectivity index (χ2v) is 8.36. The van der Waals surface area contributed by atoms with E-state index in [0.717, 1.165) is 19.3 Å². The highest BCUT2D eigenvalue weighted by molar-refractivity contribution is 5.61. The average Bonchev–Trinajstić information content (AvgIpc) is 2.70. The van der Waals surface area contributed by atoms with Crippen LogP contribution in [0.15, 0.2) is 24.3 Å². The van der Waals surface area contributed by atoms with Crippen LogP contribution in [0.1, 0.15) is 70.4 Å². The number of ether oxygens (including phenoxy) is 2. The fourth-order valence-electron chi connectivity index (χ4n) is 3.36. The summed E-state index contributed by atoms with van der Waals surface area (Å²) in [6.45, 7) is 5.50. The van der Waals surface area contributed by atoms with Crippen LogP contribution < -0.4 is 0 Å². The molecule has 1 aliphatic heterocycles. The Morgan fingerprint density at radius 3 is 2.40 bits per heavy atom. The Hall–Kier alpha value is -2.32. The lowest BCUT2D eigenvalue weighted by molar-refractivity contribution is -0.596. The van der Waals surface area contributed by atoms with E-state index in [4.69, 9.17) is 9.47 Å². The lowest BCUT2D eigenvalue weighted by atomic mass is 9.91. The molecule has 0 bridgehead atoms. The molecule has 1 aromatic rings. The van der Waals surface area contributed by atoms with E-state index in [0.29, 0.717) is 17.5 Å². The second-order valence-electron chi connectivity index (χ2n) is 8.36. The first-order valence-electron chi connectivity index (χ1n) is 10.6. The van der Waals surface area contributed by atoms with Gasteiger partial charge in [-0.25, -0.2) is 0 Å². The standard InChI is InChI=1S/C22H32N2O6/c1-4-5-6-7-8-9-10-19-12-11-18(15-20(19)23(25)26)13-14-22(24(27)28)16-29-21(2,3)30-17-22/h9-12,15H,4-8,13-14,16-17H2,1-3H3/b10-9+. The molecule has 0 atom stereocenters. The van der Waals surface area contributed by atoms with Crippen molar-refractivity contribution in [1.82, 2.24) is 0 Å². The molecule has 8 heteroatoms. The highest BCUT2D eigenvalue weighted by Gasteiger charge is 2.49. The van der Waals surface area contributed by atoms with E-state index in [1.54, 1.807) is 32.1 Å². The van der Waals surface area contributed by atoms with Crippen LogP contribution >= 0.6 is 0 Å². The minimum absolute atomic E-state index is 0.0183. The van der Waals surface area contributed by atoms with Gasteiger partial charge in [-0.15, -0.1) is 0 Å². The summed E-state index contributed by atoms with van der Waals surface area (Å²) < 4.78 is 11.0. The van der Waals surface area contributed by atoms with Crippen molar-refractivity contribution in [2.24, 2.45) is 0 Å². The van der Waals surface area contributed by atoms with Crippen molar-refractivity contribution in [3.63, 3.8) is 0 Å². The van der Waals surface area contributed by atoms with Crippen molar-refractivity contribution in [2.75, 3.05) is 13.2 Å². The van der Waals surface area contributed by atoms with Gasteiger partial charge < -0.3 is 9.47 Å². The molecule has 0 aromatic heterocycles. The Kier molecular flexibility index (Phi) is 8.49. The fraction of sp³-hybridized carbons (Fsp3) is 0.636. The van der Waals surface area contributed by atoms with Crippen LogP contribution in [-0.2, 0) is 15.9 Å². The summed E-state index contributed by atoms with van der Waals surface area (Å²) >= 11 is 0. The first-order valence-corrected chi connectivity index (χ1v) is 10.6. The molecule has 0 unspecified atom stereocenters. The van der Waals surface area contributed by atoms with Crippen molar-refractivity contribution in [1.29, 1.82) is 0 Å². The minimum Gasteiger partial charge on any atom is -0.343 e. The number of nitro groups is 2. The van der Waals surface area contributed by atoms with Crippen LogP contribution in [0.2, 0.25) is 0 Å². The van der Waals surface area contributed by atoms with Gasteiger partial charge in [-0.05, 0) is 44.7 Å². The van der Waals surface area contributed by atoms with E-state index in [2.05, 4.69) is 6.92 Å². The van der Waals surface area contributed by atoms with Gasteiger partial charge in [0.05, 0.1) is 10.5 Å². The Morgan fingerprint density at radius 2 is 1.80 bits per heavy atom. The third kappa shape index (κ3) is 6.60. The molecule has 1 aromatic carbocycles. The number of nitro benzene ring substituents is 1. The Morgan fingerprint density at radius 1 is 1.10 bits per heavy atom. The maximum atomic E-state index is 11.7. The van der Waals surface area contributed by atoms with Crippen LogP contribution in [0.5, 0.6) is 0 Å².